The molecule has 0 radical (unpaired) electrons. The van der Waals surface area contributed by atoms with E-state index < -0.39 is 16.4 Å². The van der Waals surface area contributed by atoms with E-state index in [-0.39, 0.29) is 12.3 Å². The van der Waals surface area contributed by atoms with Gasteiger partial charge in [0.25, 0.3) is 0 Å². The third kappa shape index (κ3) is 1.80. The first-order valence-electron chi connectivity index (χ1n) is 3.81. The number of hydrogen-bond acceptors (Lipinski definition) is 4. The Labute approximate surface area is 79.4 Å². The Kier molecular flexibility index (Phi) is 2.98. The first kappa shape index (κ1) is 10.4. The Hall–Kier alpha value is -1.69. The smallest absolute Gasteiger partial charge is 0.308 e. The zero-order valence-corrected chi connectivity index (χ0v) is 7.49. The highest BCUT2D eigenvalue weighted by molar-refractivity contribution is 5.45. The van der Waals surface area contributed by atoms with Crippen LogP contribution < -0.4 is 10.5 Å². The highest BCUT2D eigenvalue weighted by Gasteiger charge is 2.17. The third-order valence-electron chi connectivity index (χ3n) is 1.77. The normalized spacial score (nSPS) is 9.93. The van der Waals surface area contributed by atoms with Crippen LogP contribution in [0.3, 0.4) is 0 Å². The van der Waals surface area contributed by atoms with Crippen molar-refractivity contribution >= 4 is 5.69 Å². The number of methoxy groups -OCH3 is 1. The molecule has 14 heavy (non-hydrogen) atoms. The fraction of sp³-hybridized carbons (Fsp3) is 0.250. The Balaban J connectivity index is 3.30. The van der Waals surface area contributed by atoms with Crippen LogP contribution in [0.2, 0.25) is 0 Å². The maximum Gasteiger partial charge on any atom is 0.308 e. The van der Waals surface area contributed by atoms with Crippen LogP contribution >= 0.6 is 0 Å². The third-order valence-corrected chi connectivity index (χ3v) is 1.77. The van der Waals surface area contributed by atoms with Crippen molar-refractivity contribution in [3.8, 4) is 5.75 Å². The summed E-state index contributed by atoms with van der Waals surface area (Å²) in [5.74, 6) is -0.683. The van der Waals surface area contributed by atoms with Gasteiger partial charge in [0, 0.05) is 12.1 Å². The zero-order chi connectivity index (χ0) is 10.7. The minimum atomic E-state index is -0.906. The second kappa shape index (κ2) is 4.01. The van der Waals surface area contributed by atoms with Gasteiger partial charge in [-0.2, -0.15) is 4.39 Å². The van der Waals surface area contributed by atoms with Gasteiger partial charge in [-0.05, 0) is 6.07 Å². The number of nitrogens with zero attached hydrogens (tertiary/aromatic N) is 1. The molecule has 0 fully saturated rings. The lowest BCUT2D eigenvalue weighted by Gasteiger charge is -2.06. The Morgan fingerprint density at radius 3 is 2.71 bits per heavy atom. The summed E-state index contributed by atoms with van der Waals surface area (Å²) in [5, 5.41) is 10.4. The second-order valence-electron chi connectivity index (χ2n) is 2.58. The molecule has 0 saturated heterocycles. The van der Waals surface area contributed by atoms with Crippen molar-refractivity contribution in [1.82, 2.24) is 0 Å². The lowest BCUT2D eigenvalue weighted by Crippen LogP contribution is -2.02. The SMILES string of the molecule is COc1cc([N+](=O)[O-])c(F)cc1CN. The van der Waals surface area contributed by atoms with Crippen LogP contribution in [0.25, 0.3) is 0 Å². The molecule has 0 aliphatic rings. The molecule has 0 bridgehead atoms. The molecule has 0 aliphatic carbocycles. The van der Waals surface area contributed by atoms with Gasteiger partial charge in [-0.3, -0.25) is 10.1 Å². The van der Waals surface area contributed by atoms with Crippen LogP contribution in [0, 0.1) is 15.9 Å². The van der Waals surface area contributed by atoms with Gasteiger partial charge < -0.3 is 10.5 Å². The number of nitro groups is 1. The highest BCUT2D eigenvalue weighted by Crippen LogP contribution is 2.27. The van der Waals surface area contributed by atoms with Gasteiger partial charge >= 0.3 is 5.69 Å². The molecule has 1 aromatic carbocycles. The molecule has 0 atom stereocenters. The highest BCUT2D eigenvalue weighted by atomic mass is 19.1. The molecule has 6 heteroatoms. The summed E-state index contributed by atoms with van der Waals surface area (Å²) < 4.78 is 17.9. The van der Waals surface area contributed by atoms with E-state index in [1.807, 2.05) is 0 Å². The molecule has 2 N–H and O–H groups in total. The predicted octanol–water partition coefficient (Wildman–Crippen LogP) is 1.20. The Morgan fingerprint density at radius 2 is 2.29 bits per heavy atom. The molecule has 0 amide bonds. The molecular formula is C8H9FN2O3. The topological polar surface area (TPSA) is 78.4 Å². The number of halogens is 1. The first-order chi connectivity index (χ1) is 6.60. The van der Waals surface area contributed by atoms with Gasteiger partial charge in [-0.15, -0.1) is 0 Å². The molecule has 0 aliphatic heterocycles. The fourth-order valence-electron chi connectivity index (χ4n) is 1.07. The number of benzene rings is 1. The van der Waals surface area contributed by atoms with Crippen LogP contribution in [0.4, 0.5) is 10.1 Å². The molecule has 0 unspecified atom stereocenters. The number of hydrogen-bond donors (Lipinski definition) is 1. The Bertz CT molecular complexity index is 368. The van der Waals surface area contributed by atoms with E-state index in [2.05, 4.69) is 0 Å². The van der Waals surface area contributed by atoms with E-state index in [1.54, 1.807) is 0 Å². The molecule has 1 rings (SSSR count). The van der Waals surface area contributed by atoms with Crippen LogP contribution in [-0.2, 0) is 6.54 Å². The van der Waals surface area contributed by atoms with E-state index in [0.29, 0.717) is 5.56 Å². The van der Waals surface area contributed by atoms with E-state index in [0.717, 1.165) is 12.1 Å². The van der Waals surface area contributed by atoms with Crippen molar-refractivity contribution in [3.05, 3.63) is 33.6 Å². The molecular weight excluding hydrogens is 191 g/mol. The molecule has 5 nitrogen and oxygen atoms in total. The van der Waals surface area contributed by atoms with E-state index in [9.17, 15) is 14.5 Å². The average molecular weight is 200 g/mol. The van der Waals surface area contributed by atoms with Crippen LogP contribution in [-0.4, -0.2) is 12.0 Å². The summed E-state index contributed by atoms with van der Waals surface area (Å²) in [6.07, 6.45) is 0. The van der Waals surface area contributed by atoms with Crippen molar-refractivity contribution in [2.45, 2.75) is 6.54 Å². The van der Waals surface area contributed by atoms with Gasteiger partial charge in [0.15, 0.2) is 0 Å². The number of rotatable bonds is 3. The van der Waals surface area contributed by atoms with Crippen LogP contribution in [0.1, 0.15) is 5.56 Å². The monoisotopic (exact) mass is 200 g/mol. The van der Waals surface area contributed by atoms with Crippen molar-refractivity contribution in [2.24, 2.45) is 5.73 Å². The maximum absolute atomic E-state index is 13.1. The first-order valence-corrected chi connectivity index (χ1v) is 3.81. The van der Waals surface area contributed by atoms with Crippen molar-refractivity contribution in [2.75, 3.05) is 7.11 Å². The van der Waals surface area contributed by atoms with Gasteiger partial charge in [-0.1, -0.05) is 0 Å². The minimum absolute atomic E-state index is 0.0675. The summed E-state index contributed by atoms with van der Waals surface area (Å²) in [4.78, 5) is 9.56. The predicted molar refractivity (Wildman–Crippen MR) is 47.5 cm³/mol. The molecule has 1 aromatic rings. The molecule has 0 saturated carbocycles. The molecule has 0 aromatic heterocycles. The lowest BCUT2D eigenvalue weighted by molar-refractivity contribution is -0.387. The quantitative estimate of drug-likeness (QED) is 0.587. The summed E-state index contributed by atoms with van der Waals surface area (Å²) in [6.45, 7) is 0.0675. The van der Waals surface area contributed by atoms with E-state index in [4.69, 9.17) is 10.5 Å². The zero-order valence-electron chi connectivity index (χ0n) is 7.49. The van der Waals surface area contributed by atoms with E-state index in [1.165, 1.54) is 7.11 Å². The molecule has 76 valence electrons. The van der Waals surface area contributed by atoms with Crippen molar-refractivity contribution in [1.29, 1.82) is 0 Å². The number of ether oxygens (including phenoxy) is 1. The maximum atomic E-state index is 13.1. The van der Waals surface area contributed by atoms with Gasteiger partial charge in [-0.25, -0.2) is 0 Å². The van der Waals surface area contributed by atoms with Gasteiger partial charge in [0.2, 0.25) is 5.82 Å². The standard InChI is InChI=1S/C8H9FN2O3/c1-14-8-3-7(11(12)13)6(9)2-5(8)4-10/h2-3H,4,10H2,1H3. The van der Waals surface area contributed by atoms with Crippen LogP contribution in [0.15, 0.2) is 12.1 Å². The largest absolute Gasteiger partial charge is 0.496 e. The summed E-state index contributed by atoms with van der Waals surface area (Å²) >= 11 is 0. The summed E-state index contributed by atoms with van der Waals surface area (Å²) in [7, 11) is 1.34. The second-order valence-corrected chi connectivity index (χ2v) is 2.58. The van der Waals surface area contributed by atoms with Crippen LogP contribution in [0.5, 0.6) is 5.75 Å². The van der Waals surface area contributed by atoms with Crippen molar-refractivity contribution in [3.63, 3.8) is 0 Å². The van der Waals surface area contributed by atoms with E-state index >= 15 is 0 Å². The molecule has 0 heterocycles. The number of nitrogens with two attached hydrogens (primary N) is 1. The lowest BCUT2D eigenvalue weighted by atomic mass is 10.1. The number of nitro benzene ring substituents is 1. The van der Waals surface area contributed by atoms with Gasteiger partial charge in [0.05, 0.1) is 18.1 Å². The average Bonchev–Trinajstić information content (AvgIpc) is 2.16. The minimum Gasteiger partial charge on any atom is -0.496 e. The molecule has 0 spiro atoms. The summed E-state index contributed by atoms with van der Waals surface area (Å²) in [6, 6.07) is 2.04. The summed E-state index contributed by atoms with van der Waals surface area (Å²) in [5.41, 5.74) is 5.09. The Morgan fingerprint density at radius 1 is 1.64 bits per heavy atom. The fourth-order valence-corrected chi connectivity index (χ4v) is 1.07. The van der Waals surface area contributed by atoms with Gasteiger partial charge in [0.1, 0.15) is 5.75 Å². The van der Waals surface area contributed by atoms with Crippen molar-refractivity contribution < 1.29 is 14.1 Å².